The molecule has 3 rings (SSSR count). The van der Waals surface area contributed by atoms with Gasteiger partial charge in [0, 0.05) is 32.3 Å². The Morgan fingerprint density at radius 1 is 1.24 bits per heavy atom. The third kappa shape index (κ3) is 5.39. The second-order valence-corrected chi connectivity index (χ2v) is 7.18. The number of ether oxygens (including phenoxy) is 2. The Kier molecular flexibility index (Phi) is 6.23. The van der Waals surface area contributed by atoms with Gasteiger partial charge in [-0.3, -0.25) is 9.59 Å². The van der Waals surface area contributed by atoms with Crippen LogP contribution in [0, 0.1) is 0 Å². The third-order valence-corrected chi connectivity index (χ3v) is 4.59. The van der Waals surface area contributed by atoms with E-state index in [1.807, 2.05) is 13.8 Å². The fourth-order valence-corrected chi connectivity index (χ4v) is 2.60. The van der Waals surface area contributed by atoms with Crippen LogP contribution in [0.2, 0.25) is 0 Å². The molecule has 152 valence electrons. The molecule has 1 aromatic carbocycles. The van der Waals surface area contributed by atoms with Crippen LogP contribution < -0.4 is 15.6 Å². The van der Waals surface area contributed by atoms with Gasteiger partial charge in [0.1, 0.15) is 0 Å². The van der Waals surface area contributed by atoms with Crippen LogP contribution in [0.15, 0.2) is 47.4 Å². The van der Waals surface area contributed by atoms with Gasteiger partial charge >= 0.3 is 0 Å². The number of nitrogens with zero attached hydrogens (tertiary/aromatic N) is 2. The molecular weight excluding hydrogens is 372 g/mol. The van der Waals surface area contributed by atoms with E-state index >= 15 is 0 Å². The summed E-state index contributed by atoms with van der Waals surface area (Å²) in [6, 6.07) is 10.4. The molecule has 0 radical (unpaired) electrons. The Morgan fingerprint density at radius 2 is 2.03 bits per heavy atom. The SMILES string of the molecule is COC(C)(C)CCOc1cc(CNC(=O)c2nc3ccccc3c(=O)[nH]2)ccn1. The Hall–Kier alpha value is -3.26. The summed E-state index contributed by atoms with van der Waals surface area (Å²) in [6.07, 6.45) is 2.33. The number of aromatic amines is 1. The predicted octanol–water partition coefficient (Wildman–Crippen LogP) is 2.44. The molecule has 29 heavy (non-hydrogen) atoms. The fourth-order valence-electron chi connectivity index (χ4n) is 2.60. The molecular formula is C21H24N4O4. The number of carbonyl (C=O) groups excluding carboxylic acids is 1. The number of carbonyl (C=O) groups is 1. The molecule has 0 spiro atoms. The number of benzene rings is 1. The minimum atomic E-state index is -0.464. The number of pyridine rings is 1. The lowest BCUT2D eigenvalue weighted by Crippen LogP contribution is -2.27. The molecule has 0 aliphatic heterocycles. The van der Waals surface area contributed by atoms with Gasteiger partial charge in [-0.1, -0.05) is 12.1 Å². The van der Waals surface area contributed by atoms with Crippen LogP contribution in [0.1, 0.15) is 36.5 Å². The molecule has 2 N–H and O–H groups in total. The van der Waals surface area contributed by atoms with Crippen molar-refractivity contribution in [2.75, 3.05) is 13.7 Å². The smallest absolute Gasteiger partial charge is 0.287 e. The second kappa shape index (κ2) is 8.83. The molecule has 0 saturated carbocycles. The topological polar surface area (TPSA) is 106 Å². The monoisotopic (exact) mass is 396 g/mol. The van der Waals surface area contributed by atoms with Crippen LogP contribution in [0.25, 0.3) is 10.9 Å². The van der Waals surface area contributed by atoms with Gasteiger partial charge in [-0.2, -0.15) is 0 Å². The van der Waals surface area contributed by atoms with Gasteiger partial charge in [-0.05, 0) is 37.6 Å². The van der Waals surface area contributed by atoms with Gasteiger partial charge in [-0.25, -0.2) is 9.97 Å². The molecule has 0 atom stereocenters. The lowest BCUT2D eigenvalue weighted by molar-refractivity contribution is 0.00507. The van der Waals surface area contributed by atoms with Crippen molar-refractivity contribution in [1.82, 2.24) is 20.3 Å². The first-order valence-corrected chi connectivity index (χ1v) is 9.28. The summed E-state index contributed by atoms with van der Waals surface area (Å²) in [5.74, 6) is -0.0177. The number of methoxy groups -OCH3 is 1. The van der Waals surface area contributed by atoms with E-state index in [1.54, 1.807) is 49.7 Å². The molecule has 2 aromatic heterocycles. The molecule has 3 aromatic rings. The largest absolute Gasteiger partial charge is 0.478 e. The minimum absolute atomic E-state index is 0.0268. The number of para-hydroxylation sites is 1. The van der Waals surface area contributed by atoms with Gasteiger partial charge in [-0.15, -0.1) is 0 Å². The number of amides is 1. The van der Waals surface area contributed by atoms with Crippen LogP contribution in [0.3, 0.4) is 0 Å². The van der Waals surface area contributed by atoms with Crippen molar-refractivity contribution in [1.29, 1.82) is 0 Å². The van der Waals surface area contributed by atoms with Gasteiger partial charge in [0.05, 0.1) is 23.1 Å². The fraction of sp³-hybridized carbons (Fsp3) is 0.333. The van der Waals surface area contributed by atoms with Gasteiger partial charge in [0.25, 0.3) is 11.5 Å². The minimum Gasteiger partial charge on any atom is -0.478 e. The zero-order valence-electron chi connectivity index (χ0n) is 16.7. The highest BCUT2D eigenvalue weighted by Crippen LogP contribution is 2.15. The number of rotatable bonds is 8. The Balaban J connectivity index is 1.61. The van der Waals surface area contributed by atoms with Crippen LogP contribution >= 0.6 is 0 Å². The first-order valence-electron chi connectivity index (χ1n) is 9.28. The first kappa shape index (κ1) is 20.5. The second-order valence-electron chi connectivity index (χ2n) is 7.18. The van der Waals surface area contributed by atoms with Crippen molar-refractivity contribution < 1.29 is 14.3 Å². The summed E-state index contributed by atoms with van der Waals surface area (Å²) in [7, 11) is 1.67. The molecule has 8 nitrogen and oxygen atoms in total. The van der Waals surface area contributed by atoms with Crippen molar-refractivity contribution in [3.8, 4) is 5.88 Å². The quantitative estimate of drug-likeness (QED) is 0.606. The van der Waals surface area contributed by atoms with E-state index in [-0.39, 0.29) is 23.5 Å². The highest BCUT2D eigenvalue weighted by atomic mass is 16.5. The summed E-state index contributed by atoms with van der Waals surface area (Å²) in [6.45, 7) is 4.69. The number of aromatic nitrogens is 3. The highest BCUT2D eigenvalue weighted by molar-refractivity contribution is 5.92. The van der Waals surface area contributed by atoms with E-state index < -0.39 is 5.91 Å². The normalized spacial score (nSPS) is 11.4. The summed E-state index contributed by atoms with van der Waals surface area (Å²) >= 11 is 0. The third-order valence-electron chi connectivity index (χ3n) is 4.59. The van der Waals surface area contributed by atoms with Crippen molar-refractivity contribution in [3.63, 3.8) is 0 Å². The lowest BCUT2D eigenvalue weighted by Gasteiger charge is -2.22. The molecule has 0 unspecified atom stereocenters. The maximum absolute atomic E-state index is 12.4. The average molecular weight is 396 g/mol. The average Bonchev–Trinajstić information content (AvgIpc) is 2.72. The number of fused-ring (bicyclic) bond motifs is 1. The van der Waals surface area contributed by atoms with Crippen molar-refractivity contribution >= 4 is 16.8 Å². The van der Waals surface area contributed by atoms with E-state index in [0.717, 1.165) is 5.56 Å². The zero-order chi connectivity index (χ0) is 20.9. The molecule has 0 aliphatic carbocycles. The van der Waals surface area contributed by atoms with Crippen LogP contribution in [0.4, 0.5) is 0 Å². The van der Waals surface area contributed by atoms with E-state index in [2.05, 4.69) is 20.3 Å². The summed E-state index contributed by atoms with van der Waals surface area (Å²) < 4.78 is 11.0. The Labute approximate surface area is 168 Å². The zero-order valence-corrected chi connectivity index (χ0v) is 16.7. The van der Waals surface area contributed by atoms with Crippen LogP contribution in [0.5, 0.6) is 5.88 Å². The van der Waals surface area contributed by atoms with Crippen molar-refractivity contribution in [2.24, 2.45) is 0 Å². The lowest BCUT2D eigenvalue weighted by atomic mass is 10.1. The molecule has 0 bridgehead atoms. The molecule has 0 fully saturated rings. The van der Waals surface area contributed by atoms with Crippen molar-refractivity contribution in [3.05, 3.63) is 64.3 Å². The molecule has 0 saturated heterocycles. The molecule has 0 aliphatic rings. The Bertz CT molecular complexity index is 1060. The van der Waals surface area contributed by atoms with Crippen LogP contribution in [-0.2, 0) is 11.3 Å². The molecule has 2 heterocycles. The standard InChI is InChI=1S/C21H24N4O4/c1-21(2,28-3)9-11-29-17-12-14(8-10-22-17)13-23-20(27)18-24-16-7-5-4-6-15(16)19(26)25-18/h4-8,10,12H,9,11,13H2,1-3H3,(H,23,27)(H,24,25,26). The summed E-state index contributed by atoms with van der Waals surface area (Å²) in [4.78, 5) is 35.4. The van der Waals surface area contributed by atoms with Gasteiger partial charge in [0.15, 0.2) is 5.82 Å². The van der Waals surface area contributed by atoms with Crippen LogP contribution in [-0.4, -0.2) is 40.2 Å². The Morgan fingerprint density at radius 3 is 2.83 bits per heavy atom. The van der Waals surface area contributed by atoms with E-state index in [1.165, 1.54) is 0 Å². The van der Waals surface area contributed by atoms with Crippen molar-refractivity contribution in [2.45, 2.75) is 32.4 Å². The summed E-state index contributed by atoms with van der Waals surface area (Å²) in [5, 5.41) is 3.19. The number of nitrogens with one attached hydrogen (secondary N) is 2. The van der Waals surface area contributed by atoms with Gasteiger partial charge in [0.2, 0.25) is 5.88 Å². The number of hydrogen-bond donors (Lipinski definition) is 2. The van der Waals surface area contributed by atoms with E-state index in [0.29, 0.717) is 29.8 Å². The highest BCUT2D eigenvalue weighted by Gasteiger charge is 2.16. The van der Waals surface area contributed by atoms with E-state index in [4.69, 9.17) is 9.47 Å². The number of hydrogen-bond acceptors (Lipinski definition) is 6. The predicted molar refractivity (Wildman–Crippen MR) is 109 cm³/mol. The summed E-state index contributed by atoms with van der Waals surface area (Å²) in [5.41, 5.74) is 0.673. The van der Waals surface area contributed by atoms with E-state index in [9.17, 15) is 9.59 Å². The molecule has 1 amide bonds. The first-order chi connectivity index (χ1) is 13.9. The molecule has 8 heteroatoms. The maximum atomic E-state index is 12.4. The maximum Gasteiger partial charge on any atom is 0.287 e. The van der Waals surface area contributed by atoms with Gasteiger partial charge < -0.3 is 19.8 Å². The number of H-pyrrole nitrogens is 1.